The van der Waals surface area contributed by atoms with Gasteiger partial charge in [-0.3, -0.25) is 14.2 Å². The Morgan fingerprint density at radius 1 is 1.28 bits per heavy atom. The molecule has 0 aliphatic carbocycles. The van der Waals surface area contributed by atoms with Crippen molar-refractivity contribution in [3.8, 4) is 0 Å². The van der Waals surface area contributed by atoms with Crippen molar-refractivity contribution in [2.24, 2.45) is 0 Å². The minimum absolute atomic E-state index is 0.0373. The lowest BCUT2D eigenvalue weighted by atomic mass is 10.2. The van der Waals surface area contributed by atoms with Gasteiger partial charge in [0.25, 0.3) is 5.56 Å². The van der Waals surface area contributed by atoms with E-state index in [4.69, 9.17) is 4.74 Å². The summed E-state index contributed by atoms with van der Waals surface area (Å²) in [5.74, 6) is -0.666. The number of ether oxygens (including phenoxy) is 1. The van der Waals surface area contributed by atoms with Gasteiger partial charge in [-0.15, -0.1) is 0 Å². The van der Waals surface area contributed by atoms with Gasteiger partial charge in [0.15, 0.2) is 10.8 Å². The number of nitrogens with zero attached hydrogens (tertiary/aromatic N) is 3. The number of carbonyl (C=O) groups excluding carboxylic acids is 1. The lowest BCUT2D eigenvalue weighted by Crippen LogP contribution is -2.29. The molecule has 0 unspecified atom stereocenters. The zero-order chi connectivity index (χ0) is 22.7. The summed E-state index contributed by atoms with van der Waals surface area (Å²) in [5, 5.41) is 3.12. The predicted molar refractivity (Wildman–Crippen MR) is 114 cm³/mol. The first-order valence-electron chi connectivity index (χ1n) is 9.88. The van der Waals surface area contributed by atoms with E-state index >= 15 is 0 Å². The first kappa shape index (κ1) is 22.3. The number of pyridine rings is 1. The van der Waals surface area contributed by atoms with Crippen LogP contribution in [-0.4, -0.2) is 38.9 Å². The van der Waals surface area contributed by atoms with Crippen molar-refractivity contribution in [2.45, 2.75) is 36.8 Å². The number of alkyl halides is 3. The molecular formula is C21H19F3N4O3S. The van der Waals surface area contributed by atoms with E-state index in [2.05, 4.69) is 15.3 Å². The number of anilines is 1. The first-order valence-corrected chi connectivity index (χ1v) is 10.9. The predicted octanol–water partition coefficient (Wildman–Crippen LogP) is 3.72. The third-order valence-corrected chi connectivity index (χ3v) is 5.89. The zero-order valence-electron chi connectivity index (χ0n) is 16.8. The molecule has 1 aliphatic rings. The van der Waals surface area contributed by atoms with E-state index < -0.39 is 17.6 Å². The van der Waals surface area contributed by atoms with Crippen LogP contribution in [0.2, 0.25) is 0 Å². The second-order valence-electron chi connectivity index (χ2n) is 7.24. The number of thioether (sulfide) groups is 1. The molecule has 1 amide bonds. The lowest BCUT2D eigenvalue weighted by Gasteiger charge is -2.16. The van der Waals surface area contributed by atoms with Crippen molar-refractivity contribution in [3.63, 3.8) is 0 Å². The van der Waals surface area contributed by atoms with E-state index in [1.807, 2.05) is 0 Å². The van der Waals surface area contributed by atoms with Gasteiger partial charge in [0.05, 0.1) is 29.4 Å². The van der Waals surface area contributed by atoms with Crippen LogP contribution in [0.3, 0.4) is 0 Å². The second kappa shape index (κ2) is 9.29. The fraction of sp³-hybridized carbons (Fsp3) is 0.333. The normalized spacial score (nSPS) is 16.4. The standard InChI is InChI=1S/C21H19F3N4O3S/c22-21(23,24)13-4-1-5-14(10-13)26-17(29)12-32-20-27-18-16(7-2-8-25-18)19(30)28(20)11-15-6-3-9-31-15/h1-2,4-5,7-8,10,15H,3,6,9,11-12H2,(H,26,29)/t15-/m0/s1. The number of halogens is 3. The van der Waals surface area contributed by atoms with Crippen LogP contribution in [0.4, 0.5) is 18.9 Å². The molecule has 1 atom stereocenters. The van der Waals surface area contributed by atoms with E-state index in [9.17, 15) is 22.8 Å². The first-order chi connectivity index (χ1) is 15.3. The monoisotopic (exact) mass is 464 g/mol. The molecule has 1 fully saturated rings. The molecule has 3 heterocycles. The van der Waals surface area contributed by atoms with Crippen molar-refractivity contribution in [2.75, 3.05) is 17.7 Å². The van der Waals surface area contributed by atoms with E-state index in [-0.39, 0.29) is 28.8 Å². The summed E-state index contributed by atoms with van der Waals surface area (Å²) in [7, 11) is 0. The number of rotatable bonds is 6. The molecule has 3 aromatic rings. The van der Waals surface area contributed by atoms with Crippen molar-refractivity contribution >= 4 is 34.4 Å². The van der Waals surface area contributed by atoms with Crippen molar-refractivity contribution in [1.82, 2.24) is 14.5 Å². The zero-order valence-corrected chi connectivity index (χ0v) is 17.6. The maximum absolute atomic E-state index is 13.0. The highest BCUT2D eigenvalue weighted by atomic mass is 32.2. The highest BCUT2D eigenvalue weighted by molar-refractivity contribution is 7.99. The number of nitrogens with one attached hydrogen (secondary N) is 1. The van der Waals surface area contributed by atoms with Gasteiger partial charge in [0.1, 0.15) is 0 Å². The van der Waals surface area contributed by atoms with Gasteiger partial charge in [0, 0.05) is 18.5 Å². The van der Waals surface area contributed by atoms with Gasteiger partial charge in [0.2, 0.25) is 5.91 Å². The fourth-order valence-corrected chi connectivity index (χ4v) is 4.20. The lowest BCUT2D eigenvalue weighted by molar-refractivity contribution is -0.137. The molecule has 1 N–H and O–H groups in total. The molecule has 0 bridgehead atoms. The Kier molecular flexibility index (Phi) is 6.47. The van der Waals surface area contributed by atoms with Gasteiger partial charge in [-0.1, -0.05) is 17.8 Å². The van der Waals surface area contributed by atoms with Crippen LogP contribution in [0, 0.1) is 0 Å². The summed E-state index contributed by atoms with van der Waals surface area (Å²) in [6, 6.07) is 7.69. The Morgan fingerprint density at radius 3 is 2.88 bits per heavy atom. The minimum Gasteiger partial charge on any atom is -0.376 e. The van der Waals surface area contributed by atoms with Crippen LogP contribution in [-0.2, 0) is 22.3 Å². The second-order valence-corrected chi connectivity index (χ2v) is 8.18. The van der Waals surface area contributed by atoms with E-state index in [1.54, 1.807) is 12.1 Å². The average molecular weight is 464 g/mol. The highest BCUT2D eigenvalue weighted by Gasteiger charge is 2.30. The van der Waals surface area contributed by atoms with Gasteiger partial charge >= 0.3 is 6.18 Å². The van der Waals surface area contributed by atoms with E-state index in [1.165, 1.54) is 22.9 Å². The van der Waals surface area contributed by atoms with Gasteiger partial charge < -0.3 is 10.1 Å². The summed E-state index contributed by atoms with van der Waals surface area (Å²) in [4.78, 5) is 34.0. The Bertz CT molecular complexity index is 1190. The van der Waals surface area contributed by atoms with E-state index in [0.717, 1.165) is 36.7 Å². The SMILES string of the molecule is O=C(CSc1nc2ncccc2c(=O)n1C[C@@H]1CCCO1)Nc1cccc(C(F)(F)F)c1. The van der Waals surface area contributed by atoms with Crippen LogP contribution in [0.25, 0.3) is 11.0 Å². The smallest absolute Gasteiger partial charge is 0.376 e. The highest BCUT2D eigenvalue weighted by Crippen LogP contribution is 2.30. The average Bonchev–Trinajstić information content (AvgIpc) is 3.27. The van der Waals surface area contributed by atoms with Crippen LogP contribution in [0.5, 0.6) is 0 Å². The third-order valence-electron chi connectivity index (χ3n) is 4.91. The van der Waals surface area contributed by atoms with Crippen molar-refractivity contribution in [1.29, 1.82) is 0 Å². The van der Waals surface area contributed by atoms with Gasteiger partial charge in [-0.05, 0) is 43.2 Å². The Morgan fingerprint density at radius 2 is 2.12 bits per heavy atom. The van der Waals surface area contributed by atoms with Crippen molar-refractivity contribution in [3.05, 3.63) is 58.5 Å². The number of fused-ring (bicyclic) bond motifs is 1. The molecule has 1 aromatic carbocycles. The Hall–Kier alpha value is -2.92. The number of benzene rings is 1. The largest absolute Gasteiger partial charge is 0.416 e. The van der Waals surface area contributed by atoms with Crippen LogP contribution < -0.4 is 10.9 Å². The summed E-state index contributed by atoms with van der Waals surface area (Å²) in [6.07, 6.45) is -1.38. The number of hydrogen-bond acceptors (Lipinski definition) is 6. The molecule has 32 heavy (non-hydrogen) atoms. The molecule has 7 nitrogen and oxygen atoms in total. The molecule has 1 aliphatic heterocycles. The quantitative estimate of drug-likeness (QED) is 0.442. The number of aromatic nitrogens is 3. The van der Waals surface area contributed by atoms with E-state index in [0.29, 0.717) is 23.7 Å². The molecule has 1 saturated heterocycles. The molecule has 168 valence electrons. The molecule has 0 saturated carbocycles. The number of hydrogen-bond donors (Lipinski definition) is 1. The van der Waals surface area contributed by atoms with Gasteiger partial charge in [-0.2, -0.15) is 13.2 Å². The van der Waals surface area contributed by atoms with Crippen LogP contribution in [0.1, 0.15) is 18.4 Å². The molecule has 2 aromatic heterocycles. The van der Waals surface area contributed by atoms with Crippen LogP contribution in [0.15, 0.2) is 52.5 Å². The maximum atomic E-state index is 13.0. The molecule has 0 radical (unpaired) electrons. The Labute approximate surface area is 185 Å². The minimum atomic E-state index is -4.50. The summed E-state index contributed by atoms with van der Waals surface area (Å²) in [6.45, 7) is 0.929. The summed E-state index contributed by atoms with van der Waals surface area (Å²) >= 11 is 1.02. The Balaban J connectivity index is 1.53. The topological polar surface area (TPSA) is 86.1 Å². The molecule has 0 spiro atoms. The number of carbonyl (C=O) groups is 1. The molecule has 11 heteroatoms. The van der Waals surface area contributed by atoms with Gasteiger partial charge in [-0.25, -0.2) is 9.97 Å². The van der Waals surface area contributed by atoms with Crippen molar-refractivity contribution < 1.29 is 22.7 Å². The molecule has 4 rings (SSSR count). The maximum Gasteiger partial charge on any atom is 0.416 e. The fourth-order valence-electron chi connectivity index (χ4n) is 3.40. The molecular weight excluding hydrogens is 445 g/mol. The van der Waals surface area contributed by atoms with Crippen LogP contribution >= 0.6 is 11.8 Å². The summed E-state index contributed by atoms with van der Waals surface area (Å²) < 4.78 is 45.7. The third kappa shape index (κ3) is 5.10. The summed E-state index contributed by atoms with van der Waals surface area (Å²) in [5.41, 5.74) is -0.827. The number of amides is 1.